The van der Waals surface area contributed by atoms with Crippen molar-refractivity contribution in [2.24, 2.45) is 0 Å². The SMILES string of the molecule is CC(=O)Nc1ncc(C(C)N2CCC3(CC2)NC(=O)N(c2ccc(C)nc2)C3=O)s1. The molecule has 2 aromatic heterocycles. The second kappa shape index (κ2) is 7.77. The second-order valence-electron chi connectivity index (χ2n) is 7.77. The Morgan fingerprint density at radius 1 is 1.23 bits per heavy atom. The number of hydrogen-bond acceptors (Lipinski definition) is 7. The summed E-state index contributed by atoms with van der Waals surface area (Å²) in [4.78, 5) is 49.9. The predicted molar refractivity (Wildman–Crippen MR) is 113 cm³/mol. The topological polar surface area (TPSA) is 108 Å². The molecule has 4 heterocycles. The van der Waals surface area contributed by atoms with Crippen LogP contribution in [0.1, 0.15) is 43.3 Å². The molecule has 2 saturated heterocycles. The third-order valence-corrected chi connectivity index (χ3v) is 6.82. The first-order valence-electron chi connectivity index (χ1n) is 9.86. The molecule has 30 heavy (non-hydrogen) atoms. The van der Waals surface area contributed by atoms with Gasteiger partial charge in [-0.3, -0.25) is 19.5 Å². The molecular weight excluding hydrogens is 404 g/mol. The van der Waals surface area contributed by atoms with Crippen LogP contribution in [0.3, 0.4) is 0 Å². The highest BCUT2D eigenvalue weighted by Gasteiger charge is 2.53. The van der Waals surface area contributed by atoms with Gasteiger partial charge < -0.3 is 10.6 Å². The fraction of sp³-hybridized carbons (Fsp3) is 0.450. The summed E-state index contributed by atoms with van der Waals surface area (Å²) < 4.78 is 0. The Kier molecular flexibility index (Phi) is 5.29. The van der Waals surface area contributed by atoms with E-state index in [-0.39, 0.29) is 17.9 Å². The maximum absolute atomic E-state index is 13.2. The van der Waals surface area contributed by atoms with Crippen molar-refractivity contribution in [1.82, 2.24) is 20.2 Å². The summed E-state index contributed by atoms with van der Waals surface area (Å²) in [5.74, 6) is -0.358. The molecule has 0 radical (unpaired) electrons. The molecule has 2 fully saturated rings. The highest BCUT2D eigenvalue weighted by atomic mass is 32.1. The minimum atomic E-state index is -0.868. The summed E-state index contributed by atoms with van der Waals surface area (Å²) in [5, 5.41) is 6.22. The largest absolute Gasteiger partial charge is 0.329 e. The summed E-state index contributed by atoms with van der Waals surface area (Å²) in [5.41, 5.74) is 0.450. The van der Waals surface area contributed by atoms with Gasteiger partial charge in [0.2, 0.25) is 5.91 Å². The lowest BCUT2D eigenvalue weighted by Crippen LogP contribution is -2.55. The molecule has 10 heteroatoms. The summed E-state index contributed by atoms with van der Waals surface area (Å²) in [7, 11) is 0. The van der Waals surface area contributed by atoms with E-state index in [0.29, 0.717) is 36.8 Å². The van der Waals surface area contributed by atoms with Crippen LogP contribution in [0.5, 0.6) is 0 Å². The van der Waals surface area contributed by atoms with Crippen molar-refractivity contribution in [2.45, 2.75) is 45.2 Å². The lowest BCUT2D eigenvalue weighted by molar-refractivity contribution is -0.124. The van der Waals surface area contributed by atoms with Crippen molar-refractivity contribution in [2.75, 3.05) is 23.3 Å². The van der Waals surface area contributed by atoms with Gasteiger partial charge in [-0.05, 0) is 38.8 Å². The number of aromatic nitrogens is 2. The van der Waals surface area contributed by atoms with Gasteiger partial charge in [0, 0.05) is 42.8 Å². The van der Waals surface area contributed by atoms with Gasteiger partial charge in [0.1, 0.15) is 5.54 Å². The number of aryl methyl sites for hydroxylation is 1. The van der Waals surface area contributed by atoms with E-state index in [9.17, 15) is 14.4 Å². The van der Waals surface area contributed by atoms with Crippen LogP contribution in [0.2, 0.25) is 0 Å². The second-order valence-corrected chi connectivity index (χ2v) is 8.83. The van der Waals surface area contributed by atoms with Gasteiger partial charge in [-0.1, -0.05) is 0 Å². The number of piperidine rings is 1. The Labute approximate surface area is 178 Å². The summed E-state index contributed by atoms with van der Waals surface area (Å²) in [6, 6.07) is 3.24. The van der Waals surface area contributed by atoms with Crippen LogP contribution >= 0.6 is 11.3 Å². The van der Waals surface area contributed by atoms with Crippen molar-refractivity contribution in [3.63, 3.8) is 0 Å². The van der Waals surface area contributed by atoms with Gasteiger partial charge in [-0.2, -0.15) is 0 Å². The summed E-state index contributed by atoms with van der Waals surface area (Å²) >= 11 is 1.45. The van der Waals surface area contributed by atoms with Crippen LogP contribution in [0.15, 0.2) is 24.5 Å². The van der Waals surface area contributed by atoms with E-state index >= 15 is 0 Å². The van der Waals surface area contributed by atoms with E-state index in [1.165, 1.54) is 23.2 Å². The van der Waals surface area contributed by atoms with Crippen molar-refractivity contribution < 1.29 is 14.4 Å². The zero-order valence-corrected chi connectivity index (χ0v) is 18.0. The number of carbonyl (C=O) groups is 3. The Bertz CT molecular complexity index is 981. The third-order valence-electron chi connectivity index (χ3n) is 5.73. The predicted octanol–water partition coefficient (Wildman–Crippen LogP) is 2.46. The van der Waals surface area contributed by atoms with Gasteiger partial charge in [0.25, 0.3) is 5.91 Å². The Balaban J connectivity index is 1.44. The van der Waals surface area contributed by atoms with Crippen molar-refractivity contribution in [1.29, 1.82) is 0 Å². The molecule has 2 N–H and O–H groups in total. The number of nitrogens with one attached hydrogen (secondary N) is 2. The quantitative estimate of drug-likeness (QED) is 0.725. The molecule has 1 unspecified atom stereocenters. The number of thiazole rings is 1. The van der Waals surface area contributed by atoms with Crippen LogP contribution in [0.25, 0.3) is 0 Å². The lowest BCUT2D eigenvalue weighted by atomic mass is 9.87. The van der Waals surface area contributed by atoms with Gasteiger partial charge in [0.15, 0.2) is 5.13 Å². The molecule has 1 atom stereocenters. The smallest absolute Gasteiger partial charge is 0.323 e. The Morgan fingerprint density at radius 2 is 1.97 bits per heavy atom. The normalized spacial score (nSPS) is 19.8. The van der Waals surface area contributed by atoms with Crippen LogP contribution in [0, 0.1) is 6.92 Å². The molecule has 0 aromatic carbocycles. The van der Waals surface area contributed by atoms with Crippen LogP contribution < -0.4 is 15.5 Å². The minimum Gasteiger partial charge on any atom is -0.323 e. The molecule has 2 aliphatic heterocycles. The Morgan fingerprint density at radius 3 is 2.60 bits per heavy atom. The highest BCUT2D eigenvalue weighted by Crippen LogP contribution is 2.36. The molecule has 158 valence electrons. The number of nitrogens with zero attached hydrogens (tertiary/aromatic N) is 4. The average Bonchev–Trinajstić information content (AvgIpc) is 3.25. The standard InChI is InChI=1S/C20H24N6O3S/c1-12-4-5-15(10-21-12)26-17(28)20(24-19(26)29)6-8-25(9-7-20)13(2)16-11-22-18(30-16)23-14(3)27/h4-5,10-11,13H,6-9H2,1-3H3,(H,24,29)(H,22,23,27). The monoisotopic (exact) mass is 428 g/mol. The maximum atomic E-state index is 13.2. The molecule has 2 aromatic rings. The summed E-state index contributed by atoms with van der Waals surface area (Å²) in [6.07, 6.45) is 4.41. The van der Waals surface area contributed by atoms with Gasteiger partial charge in [-0.25, -0.2) is 14.7 Å². The van der Waals surface area contributed by atoms with E-state index in [0.717, 1.165) is 10.6 Å². The zero-order chi connectivity index (χ0) is 21.5. The third kappa shape index (κ3) is 3.68. The number of rotatable bonds is 4. The average molecular weight is 429 g/mol. The zero-order valence-electron chi connectivity index (χ0n) is 17.1. The molecule has 0 bridgehead atoms. The molecular formula is C20H24N6O3S. The van der Waals surface area contributed by atoms with Gasteiger partial charge in [-0.15, -0.1) is 11.3 Å². The van der Waals surface area contributed by atoms with Crippen LogP contribution in [0.4, 0.5) is 15.6 Å². The number of pyridine rings is 1. The van der Waals surface area contributed by atoms with Crippen LogP contribution in [-0.4, -0.2) is 51.3 Å². The fourth-order valence-electron chi connectivity index (χ4n) is 3.95. The van der Waals surface area contributed by atoms with Crippen molar-refractivity contribution in [3.05, 3.63) is 35.1 Å². The molecule has 0 saturated carbocycles. The van der Waals surface area contributed by atoms with E-state index < -0.39 is 11.6 Å². The van der Waals surface area contributed by atoms with Crippen LogP contribution in [-0.2, 0) is 9.59 Å². The van der Waals surface area contributed by atoms with Crippen molar-refractivity contribution in [3.8, 4) is 0 Å². The maximum Gasteiger partial charge on any atom is 0.329 e. The fourth-order valence-corrected chi connectivity index (χ4v) is 4.90. The van der Waals surface area contributed by atoms with Gasteiger partial charge in [0.05, 0.1) is 11.9 Å². The number of likely N-dealkylation sites (tertiary alicyclic amines) is 1. The number of amides is 4. The van der Waals surface area contributed by atoms with E-state index in [1.807, 2.05) is 6.92 Å². The molecule has 4 amide bonds. The minimum absolute atomic E-state index is 0.104. The first kappa shape index (κ1) is 20.4. The molecule has 0 aliphatic carbocycles. The molecule has 9 nitrogen and oxygen atoms in total. The first-order valence-corrected chi connectivity index (χ1v) is 10.7. The van der Waals surface area contributed by atoms with E-state index in [4.69, 9.17) is 0 Å². The van der Waals surface area contributed by atoms with E-state index in [1.54, 1.807) is 24.5 Å². The number of imide groups is 1. The molecule has 4 rings (SSSR count). The number of carbonyl (C=O) groups excluding carboxylic acids is 3. The van der Waals surface area contributed by atoms with E-state index in [2.05, 4.69) is 32.4 Å². The summed E-state index contributed by atoms with van der Waals surface area (Å²) in [6.45, 7) is 6.73. The number of urea groups is 1. The molecule has 2 aliphatic rings. The number of anilines is 2. The number of hydrogen-bond donors (Lipinski definition) is 2. The highest BCUT2D eigenvalue weighted by molar-refractivity contribution is 7.15. The lowest BCUT2D eigenvalue weighted by Gasteiger charge is -2.39. The Hall–Kier alpha value is -2.85. The molecule has 1 spiro atoms. The van der Waals surface area contributed by atoms with Gasteiger partial charge >= 0.3 is 6.03 Å². The first-order chi connectivity index (χ1) is 14.3. The van der Waals surface area contributed by atoms with Crippen molar-refractivity contribution >= 4 is 40.0 Å².